The normalized spacial score (nSPS) is 14.2. The number of aromatic hydroxyl groups is 1. The van der Waals surface area contributed by atoms with Crippen molar-refractivity contribution < 1.29 is 29.3 Å². The summed E-state index contributed by atoms with van der Waals surface area (Å²) in [4.78, 5) is 36.0. The maximum atomic E-state index is 13.8. The minimum Gasteiger partial charge on any atom is -0.507 e. The van der Waals surface area contributed by atoms with Gasteiger partial charge in [-0.05, 0) is 53.8 Å². The van der Waals surface area contributed by atoms with Crippen molar-refractivity contribution in [2.24, 2.45) is 0 Å². The van der Waals surface area contributed by atoms with Crippen LogP contribution in [0.1, 0.15) is 37.9 Å². The van der Waals surface area contributed by atoms with Gasteiger partial charge in [0.25, 0.3) is 11.8 Å². The summed E-state index contributed by atoms with van der Waals surface area (Å²) >= 11 is 6.39. The molecule has 11 heteroatoms. The van der Waals surface area contributed by atoms with Crippen molar-refractivity contribution in [1.29, 1.82) is 0 Å². The number of hydrogen-bond acceptors (Lipinski definition) is 7. The van der Waals surface area contributed by atoms with E-state index in [4.69, 9.17) is 26.2 Å². The maximum Gasteiger partial charge on any atom is 0.274 e. The lowest BCUT2D eigenvalue weighted by Gasteiger charge is -2.18. The highest BCUT2D eigenvalue weighted by atomic mass is 35.5. The highest BCUT2D eigenvalue weighted by Gasteiger charge is 2.35. The van der Waals surface area contributed by atoms with Gasteiger partial charge in [0.15, 0.2) is 0 Å². The second kappa shape index (κ2) is 12.5. The number of aromatic amines is 1. The average Bonchev–Trinajstić information content (AvgIpc) is 3.62. The molecular formula is C33H31ClN4O6. The zero-order valence-corrected chi connectivity index (χ0v) is 24.7. The number of phenols is 1. The zero-order chi connectivity index (χ0) is 30.8. The number of fused-ring (bicyclic) bond motifs is 4. The number of carbonyl (C=O) groups excluding carboxylic acids is 2. The van der Waals surface area contributed by atoms with Crippen LogP contribution in [-0.4, -0.2) is 70.8 Å². The van der Waals surface area contributed by atoms with Gasteiger partial charge in [0, 0.05) is 40.7 Å². The number of aliphatic hydroxyl groups is 1. The van der Waals surface area contributed by atoms with Gasteiger partial charge in [-0.25, -0.2) is 4.98 Å². The molecule has 1 aliphatic heterocycles. The van der Waals surface area contributed by atoms with Crippen molar-refractivity contribution in [2.75, 3.05) is 49.1 Å². The van der Waals surface area contributed by atoms with E-state index < -0.39 is 0 Å². The van der Waals surface area contributed by atoms with Gasteiger partial charge in [0.05, 0.1) is 37.4 Å². The molecule has 0 fully saturated rings. The van der Waals surface area contributed by atoms with E-state index in [9.17, 15) is 14.7 Å². The molecule has 2 aromatic heterocycles. The van der Waals surface area contributed by atoms with Crippen molar-refractivity contribution in [3.63, 3.8) is 0 Å². The Hall–Kier alpha value is -4.64. The van der Waals surface area contributed by atoms with Crippen LogP contribution >= 0.6 is 11.6 Å². The highest BCUT2D eigenvalue weighted by Crippen LogP contribution is 2.46. The summed E-state index contributed by atoms with van der Waals surface area (Å²) in [5.41, 5.74) is 4.30. The number of benzene rings is 3. The topological polar surface area (TPSA) is 137 Å². The van der Waals surface area contributed by atoms with E-state index in [0.29, 0.717) is 58.4 Å². The quantitative estimate of drug-likeness (QED) is 0.123. The molecule has 3 aromatic carbocycles. The fraction of sp³-hybridized carbons (Fsp3) is 0.242. The molecule has 10 nitrogen and oxygen atoms in total. The van der Waals surface area contributed by atoms with E-state index in [1.54, 1.807) is 47.4 Å². The summed E-state index contributed by atoms with van der Waals surface area (Å²) in [7, 11) is 0. The predicted octanol–water partition coefficient (Wildman–Crippen LogP) is 5.35. The molecule has 0 saturated carbocycles. The van der Waals surface area contributed by atoms with Gasteiger partial charge >= 0.3 is 0 Å². The molecule has 1 aliphatic rings. The minimum atomic E-state index is -0.344. The molecule has 6 rings (SSSR count). The van der Waals surface area contributed by atoms with E-state index in [2.05, 4.69) is 15.3 Å². The third-order valence-electron chi connectivity index (χ3n) is 7.69. The fourth-order valence-electron chi connectivity index (χ4n) is 5.68. The first-order chi connectivity index (χ1) is 21.4. The molecule has 5 aromatic rings. The molecule has 226 valence electrons. The van der Waals surface area contributed by atoms with Crippen molar-refractivity contribution in [1.82, 2.24) is 9.97 Å². The second-order valence-corrected chi connectivity index (χ2v) is 10.9. The molecule has 0 bridgehead atoms. The van der Waals surface area contributed by atoms with Crippen LogP contribution in [0.15, 0.2) is 66.9 Å². The summed E-state index contributed by atoms with van der Waals surface area (Å²) in [5.74, 6) is 0.252. The van der Waals surface area contributed by atoms with Crippen LogP contribution in [0.2, 0.25) is 0 Å². The molecule has 1 unspecified atom stereocenters. The Morgan fingerprint density at radius 3 is 2.77 bits per heavy atom. The molecule has 0 saturated heterocycles. The third kappa shape index (κ3) is 5.67. The number of hydrogen-bond donors (Lipinski definition) is 4. The van der Waals surface area contributed by atoms with Crippen LogP contribution in [0.4, 0.5) is 11.4 Å². The van der Waals surface area contributed by atoms with Crippen LogP contribution in [0, 0.1) is 6.92 Å². The van der Waals surface area contributed by atoms with Crippen molar-refractivity contribution in [2.45, 2.75) is 12.8 Å². The number of aryl methyl sites for hydroxylation is 1. The van der Waals surface area contributed by atoms with Crippen LogP contribution in [0.3, 0.4) is 0 Å². The first kappa shape index (κ1) is 29.4. The van der Waals surface area contributed by atoms with Gasteiger partial charge in [-0.2, -0.15) is 0 Å². The van der Waals surface area contributed by atoms with E-state index in [1.165, 1.54) is 6.20 Å². The van der Waals surface area contributed by atoms with E-state index in [-0.39, 0.29) is 43.3 Å². The molecule has 0 radical (unpaired) electrons. The Kier molecular flexibility index (Phi) is 8.38. The molecule has 2 amide bonds. The number of carbonyl (C=O) groups is 2. The van der Waals surface area contributed by atoms with Crippen molar-refractivity contribution in [3.05, 3.63) is 89.2 Å². The van der Waals surface area contributed by atoms with Gasteiger partial charge in [0.1, 0.15) is 29.4 Å². The highest BCUT2D eigenvalue weighted by molar-refractivity contribution is 6.19. The zero-order valence-electron chi connectivity index (χ0n) is 24.0. The summed E-state index contributed by atoms with van der Waals surface area (Å²) in [6.45, 7) is 3.16. The summed E-state index contributed by atoms with van der Waals surface area (Å²) in [6.07, 6.45) is 1.52. The SMILES string of the molecule is Cc1cccc2c(O)cc3c(c12)C(CCl)CN3C(=O)c1cc2cc(NC(=O)c3cccc(OCCOCCO)c3)cnc2[nH]1. The number of aromatic nitrogens is 2. The first-order valence-corrected chi connectivity index (χ1v) is 14.8. The Morgan fingerprint density at radius 2 is 1.95 bits per heavy atom. The van der Waals surface area contributed by atoms with Gasteiger partial charge in [-0.15, -0.1) is 11.6 Å². The number of H-pyrrole nitrogens is 1. The molecule has 4 N–H and O–H groups in total. The molecule has 3 heterocycles. The number of halogens is 1. The lowest BCUT2D eigenvalue weighted by Crippen LogP contribution is -2.30. The van der Waals surface area contributed by atoms with Gasteiger partial charge < -0.3 is 34.9 Å². The summed E-state index contributed by atoms with van der Waals surface area (Å²) in [6, 6.07) is 17.6. The number of phenolic OH excluding ortho intramolecular Hbond substituents is 1. The Labute approximate surface area is 258 Å². The van der Waals surface area contributed by atoms with E-state index in [0.717, 1.165) is 21.9 Å². The lowest BCUT2D eigenvalue weighted by atomic mass is 9.92. The van der Waals surface area contributed by atoms with Crippen molar-refractivity contribution >= 4 is 56.6 Å². The number of anilines is 2. The van der Waals surface area contributed by atoms with Crippen LogP contribution in [0.25, 0.3) is 21.8 Å². The Morgan fingerprint density at radius 1 is 1.11 bits per heavy atom. The average molecular weight is 615 g/mol. The number of rotatable bonds is 10. The predicted molar refractivity (Wildman–Crippen MR) is 169 cm³/mol. The number of amides is 2. The van der Waals surface area contributed by atoms with Gasteiger partial charge in [0.2, 0.25) is 0 Å². The number of aliphatic hydroxyl groups excluding tert-OH is 1. The first-order valence-electron chi connectivity index (χ1n) is 14.2. The molecule has 1 atom stereocenters. The number of nitrogens with zero attached hydrogens (tertiary/aromatic N) is 2. The maximum absolute atomic E-state index is 13.8. The minimum absolute atomic E-state index is 0.0542. The van der Waals surface area contributed by atoms with Crippen LogP contribution < -0.4 is 15.0 Å². The number of pyridine rings is 1. The van der Waals surface area contributed by atoms with Crippen LogP contribution in [-0.2, 0) is 4.74 Å². The van der Waals surface area contributed by atoms with E-state index in [1.807, 2.05) is 25.1 Å². The number of alkyl halides is 1. The number of nitrogens with one attached hydrogen (secondary N) is 2. The van der Waals surface area contributed by atoms with Gasteiger partial charge in [-0.1, -0.05) is 24.3 Å². The largest absolute Gasteiger partial charge is 0.507 e. The monoisotopic (exact) mass is 614 g/mol. The standard InChI is InChI=1S/C33H31ClN4O6/c1-19-4-2-7-25-28(40)15-27-30(29(19)25)22(16-34)18-38(27)33(42)26-14-21-12-23(17-35-31(21)37-26)36-32(41)20-5-3-6-24(13-20)44-11-10-43-9-8-39/h2-7,12-15,17,22,39-40H,8-11,16,18H2,1H3,(H,35,37)(H,36,41). The van der Waals surface area contributed by atoms with Crippen molar-refractivity contribution in [3.8, 4) is 11.5 Å². The Balaban J connectivity index is 1.21. The van der Waals surface area contributed by atoms with Crippen LogP contribution in [0.5, 0.6) is 11.5 Å². The third-order valence-corrected chi connectivity index (χ3v) is 8.06. The van der Waals surface area contributed by atoms with E-state index >= 15 is 0 Å². The summed E-state index contributed by atoms with van der Waals surface area (Å²) in [5, 5.41) is 24.8. The molecular weight excluding hydrogens is 584 g/mol. The molecule has 44 heavy (non-hydrogen) atoms. The molecule has 0 spiro atoms. The second-order valence-electron chi connectivity index (χ2n) is 10.6. The molecule has 0 aliphatic carbocycles. The summed E-state index contributed by atoms with van der Waals surface area (Å²) < 4.78 is 10.8. The number of ether oxygens (including phenoxy) is 2. The lowest BCUT2D eigenvalue weighted by molar-refractivity contribution is 0.0705. The smallest absolute Gasteiger partial charge is 0.274 e. The van der Waals surface area contributed by atoms with Gasteiger partial charge in [-0.3, -0.25) is 9.59 Å². The Bertz CT molecular complexity index is 1870. The fourth-order valence-corrected chi connectivity index (χ4v) is 5.93.